The summed E-state index contributed by atoms with van der Waals surface area (Å²) in [5.74, 6) is -0.256. The topological polar surface area (TPSA) is 55.0 Å². The van der Waals surface area contributed by atoms with Gasteiger partial charge in [0.2, 0.25) is 0 Å². The first-order chi connectivity index (χ1) is 5.99. The van der Waals surface area contributed by atoms with Crippen molar-refractivity contribution in [1.29, 1.82) is 0 Å². The molecule has 0 aliphatic carbocycles. The molecule has 0 spiro atoms. The monoisotopic (exact) mass is 182 g/mol. The number of carbonyl (C=O) groups is 1. The Balaban J connectivity index is 2.56. The largest absolute Gasteiger partial charge is 0.459 e. The maximum atomic E-state index is 10.7. The van der Waals surface area contributed by atoms with Gasteiger partial charge in [-0.3, -0.25) is 9.89 Å². The van der Waals surface area contributed by atoms with Gasteiger partial charge < -0.3 is 4.74 Å². The number of rotatable bonds is 3. The van der Waals surface area contributed by atoms with Crippen LogP contribution >= 0.6 is 0 Å². The first-order valence-corrected chi connectivity index (χ1v) is 4.17. The first kappa shape index (κ1) is 9.77. The maximum Gasteiger partial charge on any atom is 0.303 e. The Labute approximate surface area is 77.3 Å². The molecule has 0 bridgehead atoms. The van der Waals surface area contributed by atoms with Crippen LogP contribution < -0.4 is 0 Å². The molecule has 4 nitrogen and oxygen atoms in total. The molecule has 1 heterocycles. The number of nitrogens with one attached hydrogen (secondary N) is 1. The van der Waals surface area contributed by atoms with Crippen molar-refractivity contribution in [2.24, 2.45) is 0 Å². The van der Waals surface area contributed by atoms with Gasteiger partial charge in [-0.15, -0.1) is 0 Å². The van der Waals surface area contributed by atoms with E-state index in [0.29, 0.717) is 6.42 Å². The van der Waals surface area contributed by atoms with E-state index >= 15 is 0 Å². The van der Waals surface area contributed by atoms with Gasteiger partial charge in [-0.2, -0.15) is 5.10 Å². The van der Waals surface area contributed by atoms with E-state index < -0.39 is 5.60 Å². The van der Waals surface area contributed by atoms with Gasteiger partial charge in [0.05, 0.1) is 6.20 Å². The molecule has 1 aromatic heterocycles. The van der Waals surface area contributed by atoms with Crippen molar-refractivity contribution in [1.82, 2.24) is 10.2 Å². The Kier molecular flexibility index (Phi) is 2.70. The predicted molar refractivity (Wildman–Crippen MR) is 48.1 cm³/mol. The Hall–Kier alpha value is -1.32. The minimum absolute atomic E-state index is 0.256. The Morgan fingerprint density at radius 1 is 1.69 bits per heavy atom. The molecule has 0 saturated carbocycles. The summed E-state index contributed by atoms with van der Waals surface area (Å²) in [6, 6.07) is 0. The van der Waals surface area contributed by atoms with Crippen LogP contribution in [0.25, 0.3) is 0 Å². The minimum Gasteiger partial charge on any atom is -0.459 e. The molecule has 0 fully saturated rings. The number of aromatic amines is 1. The fourth-order valence-electron chi connectivity index (χ4n) is 1.29. The van der Waals surface area contributed by atoms with Crippen LogP contribution in [0.15, 0.2) is 12.4 Å². The van der Waals surface area contributed by atoms with E-state index in [9.17, 15) is 4.79 Å². The number of esters is 1. The fraction of sp³-hybridized carbons (Fsp3) is 0.556. The van der Waals surface area contributed by atoms with Crippen molar-refractivity contribution in [3.8, 4) is 0 Å². The highest BCUT2D eigenvalue weighted by atomic mass is 16.6. The third-order valence-corrected chi connectivity index (χ3v) is 1.60. The smallest absolute Gasteiger partial charge is 0.303 e. The molecule has 0 saturated heterocycles. The summed E-state index contributed by atoms with van der Waals surface area (Å²) in [6.07, 6.45) is 4.19. The zero-order valence-corrected chi connectivity index (χ0v) is 8.13. The first-order valence-electron chi connectivity index (χ1n) is 4.17. The van der Waals surface area contributed by atoms with Gasteiger partial charge in [-0.25, -0.2) is 0 Å². The van der Waals surface area contributed by atoms with Gasteiger partial charge in [0.1, 0.15) is 5.60 Å². The normalized spacial score (nSPS) is 11.3. The zero-order chi connectivity index (χ0) is 9.90. The Morgan fingerprint density at radius 2 is 2.38 bits per heavy atom. The van der Waals surface area contributed by atoms with Crippen molar-refractivity contribution in [2.75, 3.05) is 0 Å². The standard InChI is InChI=1S/C9H14N2O2/c1-7(12)13-9(2,3)4-8-5-10-11-6-8/h5-6H,4H2,1-3H3,(H,10,11). The molecule has 0 radical (unpaired) electrons. The maximum absolute atomic E-state index is 10.7. The SMILES string of the molecule is CC(=O)OC(C)(C)Cc1cn[nH]c1. The van der Waals surface area contributed by atoms with Crippen LogP contribution in [0, 0.1) is 0 Å². The van der Waals surface area contributed by atoms with E-state index in [2.05, 4.69) is 10.2 Å². The summed E-state index contributed by atoms with van der Waals surface area (Å²) in [7, 11) is 0. The highest BCUT2D eigenvalue weighted by Crippen LogP contribution is 2.15. The van der Waals surface area contributed by atoms with Gasteiger partial charge >= 0.3 is 5.97 Å². The van der Waals surface area contributed by atoms with Crippen LogP contribution in [0.4, 0.5) is 0 Å². The van der Waals surface area contributed by atoms with Crippen LogP contribution in [-0.4, -0.2) is 21.8 Å². The van der Waals surface area contributed by atoms with Crippen LogP contribution in [0.5, 0.6) is 0 Å². The lowest BCUT2D eigenvalue weighted by Crippen LogP contribution is -2.29. The number of ether oxygens (including phenoxy) is 1. The second kappa shape index (κ2) is 3.60. The van der Waals surface area contributed by atoms with Crippen LogP contribution in [0.1, 0.15) is 26.3 Å². The highest BCUT2D eigenvalue weighted by Gasteiger charge is 2.21. The zero-order valence-electron chi connectivity index (χ0n) is 8.13. The molecular weight excluding hydrogens is 168 g/mol. The van der Waals surface area contributed by atoms with Gasteiger partial charge in [0, 0.05) is 19.5 Å². The number of carbonyl (C=O) groups excluding carboxylic acids is 1. The summed E-state index contributed by atoms with van der Waals surface area (Å²) in [5, 5.41) is 6.54. The van der Waals surface area contributed by atoms with E-state index in [1.807, 2.05) is 13.8 Å². The van der Waals surface area contributed by atoms with Crippen molar-refractivity contribution >= 4 is 5.97 Å². The third kappa shape index (κ3) is 3.27. The van der Waals surface area contributed by atoms with E-state index in [-0.39, 0.29) is 5.97 Å². The minimum atomic E-state index is -0.463. The summed E-state index contributed by atoms with van der Waals surface area (Å²) in [5.41, 5.74) is 0.571. The lowest BCUT2D eigenvalue weighted by atomic mass is 10.0. The van der Waals surface area contributed by atoms with Crippen molar-refractivity contribution in [3.05, 3.63) is 18.0 Å². The molecule has 1 aromatic rings. The average molecular weight is 182 g/mol. The highest BCUT2D eigenvalue weighted by molar-refractivity contribution is 5.66. The van der Waals surface area contributed by atoms with Gasteiger partial charge in [0.15, 0.2) is 0 Å². The van der Waals surface area contributed by atoms with Crippen LogP contribution in [0.3, 0.4) is 0 Å². The molecular formula is C9H14N2O2. The second-order valence-corrected chi connectivity index (χ2v) is 3.64. The molecule has 0 atom stereocenters. The molecule has 1 N–H and O–H groups in total. The van der Waals surface area contributed by atoms with E-state index in [1.54, 1.807) is 12.4 Å². The number of hydrogen-bond donors (Lipinski definition) is 1. The van der Waals surface area contributed by atoms with Gasteiger partial charge in [-0.05, 0) is 19.4 Å². The van der Waals surface area contributed by atoms with Crippen molar-refractivity contribution < 1.29 is 9.53 Å². The number of H-pyrrole nitrogens is 1. The lowest BCUT2D eigenvalue weighted by molar-refractivity contribution is -0.153. The predicted octanol–water partition coefficient (Wildman–Crippen LogP) is 1.29. The molecule has 0 aliphatic heterocycles. The van der Waals surface area contributed by atoms with Gasteiger partial charge in [0.25, 0.3) is 0 Å². The molecule has 72 valence electrons. The molecule has 0 unspecified atom stereocenters. The van der Waals surface area contributed by atoms with E-state index in [1.165, 1.54) is 6.92 Å². The number of hydrogen-bond acceptors (Lipinski definition) is 3. The van der Waals surface area contributed by atoms with E-state index in [0.717, 1.165) is 5.56 Å². The molecule has 0 aliphatic rings. The molecule has 13 heavy (non-hydrogen) atoms. The van der Waals surface area contributed by atoms with Crippen LogP contribution in [-0.2, 0) is 16.0 Å². The summed E-state index contributed by atoms with van der Waals surface area (Å²) >= 11 is 0. The third-order valence-electron chi connectivity index (χ3n) is 1.60. The molecule has 1 rings (SSSR count). The van der Waals surface area contributed by atoms with Crippen molar-refractivity contribution in [3.63, 3.8) is 0 Å². The van der Waals surface area contributed by atoms with Crippen molar-refractivity contribution in [2.45, 2.75) is 32.8 Å². The lowest BCUT2D eigenvalue weighted by Gasteiger charge is -2.23. The quantitative estimate of drug-likeness (QED) is 0.717. The fourth-order valence-corrected chi connectivity index (χ4v) is 1.29. The van der Waals surface area contributed by atoms with E-state index in [4.69, 9.17) is 4.74 Å². The average Bonchev–Trinajstić information content (AvgIpc) is 2.34. The Bertz CT molecular complexity index is 278. The summed E-state index contributed by atoms with van der Waals surface area (Å²) < 4.78 is 5.13. The summed E-state index contributed by atoms with van der Waals surface area (Å²) in [6.45, 7) is 5.17. The number of aromatic nitrogens is 2. The number of nitrogens with zero attached hydrogens (tertiary/aromatic N) is 1. The molecule has 0 amide bonds. The second-order valence-electron chi connectivity index (χ2n) is 3.64. The molecule has 4 heteroatoms. The molecule has 0 aromatic carbocycles. The Morgan fingerprint density at radius 3 is 2.85 bits per heavy atom. The van der Waals surface area contributed by atoms with Crippen LogP contribution in [0.2, 0.25) is 0 Å². The summed E-state index contributed by atoms with van der Waals surface area (Å²) in [4.78, 5) is 10.7. The van der Waals surface area contributed by atoms with Gasteiger partial charge in [-0.1, -0.05) is 0 Å².